The highest BCUT2D eigenvalue weighted by atomic mass is 35.5. The molecule has 2 aromatic rings. The third kappa shape index (κ3) is 5.13. The van der Waals surface area contributed by atoms with Crippen molar-refractivity contribution in [3.63, 3.8) is 0 Å². The molecule has 0 aliphatic heterocycles. The highest BCUT2D eigenvalue weighted by Crippen LogP contribution is 2.37. The average Bonchev–Trinajstić information content (AvgIpc) is 2.61. The quantitative estimate of drug-likeness (QED) is 0.625. The van der Waals surface area contributed by atoms with Crippen molar-refractivity contribution in [2.75, 3.05) is 26.1 Å². The Kier molecular flexibility index (Phi) is 6.71. The van der Waals surface area contributed by atoms with E-state index in [0.717, 1.165) is 23.4 Å². The van der Waals surface area contributed by atoms with E-state index >= 15 is 0 Å². The second-order valence-electron chi connectivity index (χ2n) is 6.04. The lowest BCUT2D eigenvalue weighted by Gasteiger charge is -2.17. The number of halogens is 1. The first-order valence-electron chi connectivity index (χ1n) is 8.30. The van der Waals surface area contributed by atoms with Crippen LogP contribution in [0.2, 0.25) is 5.02 Å². The Morgan fingerprint density at radius 2 is 1.88 bits per heavy atom. The SMILES string of the molecule is CC[C@H](C)Oc1c(Cl)cc(C=Nc2ccc(N(C)C)cc2)cc1OC. The van der Waals surface area contributed by atoms with Crippen LogP contribution in [0.25, 0.3) is 0 Å². The predicted octanol–water partition coefficient (Wildman–Crippen LogP) is 5.34. The molecule has 0 N–H and O–H groups in total. The maximum atomic E-state index is 6.38. The summed E-state index contributed by atoms with van der Waals surface area (Å²) in [5.74, 6) is 1.18. The van der Waals surface area contributed by atoms with Gasteiger partial charge in [0.25, 0.3) is 0 Å². The highest BCUT2D eigenvalue weighted by Gasteiger charge is 2.13. The van der Waals surface area contributed by atoms with Crippen molar-refractivity contribution in [1.82, 2.24) is 0 Å². The Morgan fingerprint density at radius 1 is 1.20 bits per heavy atom. The fourth-order valence-electron chi connectivity index (χ4n) is 2.20. The monoisotopic (exact) mass is 360 g/mol. The fourth-order valence-corrected chi connectivity index (χ4v) is 2.46. The minimum absolute atomic E-state index is 0.0705. The van der Waals surface area contributed by atoms with Crippen LogP contribution in [-0.4, -0.2) is 33.5 Å². The Morgan fingerprint density at radius 3 is 2.44 bits per heavy atom. The van der Waals surface area contributed by atoms with E-state index in [2.05, 4.69) is 11.9 Å². The van der Waals surface area contributed by atoms with Crippen molar-refractivity contribution in [1.29, 1.82) is 0 Å². The van der Waals surface area contributed by atoms with E-state index in [9.17, 15) is 0 Å². The Balaban J connectivity index is 2.23. The number of methoxy groups -OCH3 is 1. The van der Waals surface area contributed by atoms with Crippen molar-refractivity contribution < 1.29 is 9.47 Å². The minimum Gasteiger partial charge on any atom is -0.493 e. The van der Waals surface area contributed by atoms with Crippen molar-refractivity contribution in [2.24, 2.45) is 4.99 Å². The van der Waals surface area contributed by atoms with Crippen molar-refractivity contribution in [2.45, 2.75) is 26.4 Å². The molecule has 0 radical (unpaired) electrons. The molecule has 5 heteroatoms. The van der Waals surface area contributed by atoms with Gasteiger partial charge in [-0.15, -0.1) is 0 Å². The molecule has 0 aliphatic carbocycles. The van der Waals surface area contributed by atoms with E-state index < -0.39 is 0 Å². The molecule has 0 fully saturated rings. The molecular formula is C20H25ClN2O2. The first-order chi connectivity index (χ1) is 11.9. The maximum Gasteiger partial charge on any atom is 0.180 e. The molecule has 0 unspecified atom stereocenters. The summed E-state index contributed by atoms with van der Waals surface area (Å²) in [5.41, 5.74) is 2.87. The van der Waals surface area contributed by atoms with Gasteiger partial charge in [-0.2, -0.15) is 0 Å². The molecule has 0 amide bonds. The van der Waals surface area contributed by atoms with Crippen molar-refractivity contribution >= 4 is 29.2 Å². The molecule has 0 bridgehead atoms. The summed E-state index contributed by atoms with van der Waals surface area (Å²) in [4.78, 5) is 6.55. The Bertz CT molecular complexity index is 727. The van der Waals surface area contributed by atoms with Crippen LogP contribution < -0.4 is 14.4 Å². The van der Waals surface area contributed by atoms with Gasteiger partial charge in [0.2, 0.25) is 0 Å². The second kappa shape index (κ2) is 8.77. The second-order valence-corrected chi connectivity index (χ2v) is 6.45. The molecule has 0 spiro atoms. The summed E-state index contributed by atoms with van der Waals surface area (Å²) in [6.07, 6.45) is 2.73. The van der Waals surface area contributed by atoms with Gasteiger partial charge in [-0.05, 0) is 55.3 Å². The van der Waals surface area contributed by atoms with Gasteiger partial charge < -0.3 is 14.4 Å². The smallest absolute Gasteiger partial charge is 0.180 e. The Labute approximate surface area is 155 Å². The molecule has 1 atom stereocenters. The summed E-state index contributed by atoms with van der Waals surface area (Å²) in [7, 11) is 5.63. The zero-order chi connectivity index (χ0) is 18.4. The first-order valence-corrected chi connectivity index (χ1v) is 8.68. The molecule has 0 aliphatic rings. The van der Waals surface area contributed by atoms with Crippen molar-refractivity contribution in [3.8, 4) is 11.5 Å². The molecule has 0 saturated heterocycles. The molecule has 25 heavy (non-hydrogen) atoms. The number of hydrogen-bond acceptors (Lipinski definition) is 4. The Hall–Kier alpha value is -2.20. The van der Waals surface area contributed by atoms with Crippen LogP contribution in [0, 0.1) is 0 Å². The molecule has 2 rings (SSSR count). The van der Waals surface area contributed by atoms with E-state index in [-0.39, 0.29) is 6.10 Å². The van der Waals surface area contributed by atoms with Crippen molar-refractivity contribution in [3.05, 3.63) is 47.0 Å². The standard InChI is InChI=1S/C20H25ClN2O2/c1-6-14(2)25-20-18(21)11-15(12-19(20)24-5)13-22-16-7-9-17(10-8-16)23(3)4/h7-14H,6H2,1-5H3/t14-/m0/s1. The molecule has 0 aromatic heterocycles. The van der Waals surface area contributed by atoms with Gasteiger partial charge in [0.05, 0.1) is 23.9 Å². The first kappa shape index (κ1) is 19.1. The largest absolute Gasteiger partial charge is 0.493 e. The molecule has 134 valence electrons. The lowest BCUT2D eigenvalue weighted by atomic mass is 10.2. The van der Waals surface area contributed by atoms with E-state index in [1.165, 1.54) is 0 Å². The van der Waals surface area contributed by atoms with E-state index in [1.807, 2.05) is 62.3 Å². The molecule has 2 aromatic carbocycles. The molecule has 4 nitrogen and oxygen atoms in total. The van der Waals surface area contributed by atoms with Gasteiger partial charge in [-0.1, -0.05) is 18.5 Å². The van der Waals surface area contributed by atoms with Crippen LogP contribution in [0.15, 0.2) is 41.4 Å². The van der Waals surface area contributed by atoms with Crippen LogP contribution in [0.1, 0.15) is 25.8 Å². The number of nitrogens with zero attached hydrogens (tertiary/aromatic N) is 2. The van der Waals surface area contributed by atoms with Crippen LogP contribution in [0.4, 0.5) is 11.4 Å². The summed E-state index contributed by atoms with van der Waals surface area (Å²) >= 11 is 6.38. The van der Waals surface area contributed by atoms with Crippen LogP contribution in [-0.2, 0) is 0 Å². The van der Waals surface area contributed by atoms with Gasteiger partial charge in [-0.3, -0.25) is 4.99 Å². The van der Waals surface area contributed by atoms with Gasteiger partial charge in [0.1, 0.15) is 0 Å². The number of rotatable bonds is 7. The van der Waals surface area contributed by atoms with E-state index in [1.54, 1.807) is 13.3 Å². The highest BCUT2D eigenvalue weighted by molar-refractivity contribution is 6.32. The fraction of sp³-hybridized carbons (Fsp3) is 0.350. The summed E-state index contributed by atoms with van der Waals surface area (Å²) in [5, 5.41) is 0.518. The van der Waals surface area contributed by atoms with E-state index in [0.29, 0.717) is 16.5 Å². The summed E-state index contributed by atoms with van der Waals surface area (Å²) in [6.45, 7) is 4.07. The van der Waals surface area contributed by atoms with E-state index in [4.69, 9.17) is 21.1 Å². The number of anilines is 1. The topological polar surface area (TPSA) is 34.1 Å². The van der Waals surface area contributed by atoms with Gasteiger partial charge in [0, 0.05) is 26.0 Å². The number of aliphatic imine (C=N–C) groups is 1. The maximum absolute atomic E-state index is 6.38. The van der Waals surface area contributed by atoms with Gasteiger partial charge >= 0.3 is 0 Å². The summed E-state index contributed by atoms with van der Waals surface area (Å²) in [6, 6.07) is 11.7. The lowest BCUT2D eigenvalue weighted by molar-refractivity contribution is 0.208. The molecular weight excluding hydrogens is 336 g/mol. The number of benzene rings is 2. The normalized spacial score (nSPS) is 12.2. The van der Waals surface area contributed by atoms with Crippen LogP contribution in [0.5, 0.6) is 11.5 Å². The average molecular weight is 361 g/mol. The predicted molar refractivity (Wildman–Crippen MR) is 106 cm³/mol. The number of ether oxygens (including phenoxy) is 2. The molecule has 0 saturated carbocycles. The third-order valence-corrected chi connectivity index (χ3v) is 4.16. The van der Waals surface area contributed by atoms with Gasteiger partial charge in [0.15, 0.2) is 11.5 Å². The summed E-state index contributed by atoms with van der Waals surface area (Å²) < 4.78 is 11.3. The number of hydrogen-bond donors (Lipinski definition) is 0. The van der Waals surface area contributed by atoms with Gasteiger partial charge in [-0.25, -0.2) is 0 Å². The zero-order valence-corrected chi connectivity index (χ0v) is 16.2. The third-order valence-electron chi connectivity index (χ3n) is 3.87. The van der Waals surface area contributed by atoms with Crippen LogP contribution >= 0.6 is 11.6 Å². The zero-order valence-electron chi connectivity index (χ0n) is 15.4. The lowest BCUT2D eigenvalue weighted by Crippen LogP contribution is -2.11. The minimum atomic E-state index is 0.0705. The molecule has 0 heterocycles. The van der Waals surface area contributed by atoms with Crippen LogP contribution in [0.3, 0.4) is 0 Å².